The van der Waals surface area contributed by atoms with Crippen molar-refractivity contribution in [2.45, 2.75) is 38.0 Å². The van der Waals surface area contributed by atoms with E-state index in [1.54, 1.807) is 6.08 Å². The normalized spacial score (nSPS) is 21.9. The third-order valence-electron chi connectivity index (χ3n) is 7.39. The number of fused-ring (bicyclic) bond motifs is 3. The quantitative estimate of drug-likeness (QED) is 0.241. The number of ether oxygens (including phenoxy) is 1. The van der Waals surface area contributed by atoms with E-state index in [0.29, 0.717) is 30.4 Å². The van der Waals surface area contributed by atoms with E-state index in [0.717, 1.165) is 30.2 Å². The van der Waals surface area contributed by atoms with Gasteiger partial charge in [0.1, 0.15) is 13.9 Å². The zero-order chi connectivity index (χ0) is 27.1. The Labute approximate surface area is 238 Å². The second-order valence-electron chi connectivity index (χ2n) is 9.57. The van der Waals surface area contributed by atoms with Gasteiger partial charge in [-0.15, -0.1) is 17.9 Å². The number of thiocarbonyl (C=S) groups is 1. The van der Waals surface area contributed by atoms with E-state index >= 15 is 0 Å². The Morgan fingerprint density at radius 2 is 1.95 bits per heavy atom. The van der Waals surface area contributed by atoms with Crippen molar-refractivity contribution in [1.29, 1.82) is 0 Å². The van der Waals surface area contributed by atoms with Crippen LogP contribution in [0.15, 0.2) is 66.0 Å². The number of amides is 1. The van der Waals surface area contributed by atoms with Gasteiger partial charge >= 0.3 is 0 Å². The number of aromatic nitrogens is 1. The monoisotopic (exact) mass is 575 g/mol. The maximum absolute atomic E-state index is 13.4. The summed E-state index contributed by atoms with van der Waals surface area (Å²) in [6.07, 6.45) is 6.94. The molecule has 0 bridgehead atoms. The first-order chi connectivity index (χ1) is 19.0. The average molecular weight is 576 g/mol. The molecule has 0 radical (unpaired) electrons. The molecule has 0 spiro atoms. The van der Waals surface area contributed by atoms with Crippen molar-refractivity contribution in [3.63, 3.8) is 0 Å². The van der Waals surface area contributed by atoms with E-state index in [1.165, 1.54) is 44.2 Å². The summed E-state index contributed by atoms with van der Waals surface area (Å²) in [6.45, 7) is 3.98. The summed E-state index contributed by atoms with van der Waals surface area (Å²) < 4.78 is 7.53. The van der Waals surface area contributed by atoms with Gasteiger partial charge in [-0.1, -0.05) is 60.7 Å². The van der Waals surface area contributed by atoms with Gasteiger partial charge < -0.3 is 9.64 Å². The molecule has 6 rings (SSSR count). The molecule has 1 aliphatic carbocycles. The lowest BCUT2D eigenvalue weighted by Gasteiger charge is -2.27. The van der Waals surface area contributed by atoms with E-state index in [2.05, 4.69) is 47.9 Å². The molecule has 39 heavy (non-hydrogen) atoms. The van der Waals surface area contributed by atoms with Crippen LogP contribution >= 0.6 is 35.3 Å². The maximum atomic E-state index is 13.4. The summed E-state index contributed by atoms with van der Waals surface area (Å²) in [5, 5.41) is 0. The van der Waals surface area contributed by atoms with Gasteiger partial charge in [0.05, 0.1) is 4.53 Å². The number of benzene rings is 2. The van der Waals surface area contributed by atoms with Crippen LogP contribution in [-0.4, -0.2) is 38.8 Å². The Kier molecular flexibility index (Phi) is 7.01. The molecule has 1 aromatic heterocycles. The molecule has 2 unspecified atom stereocenters. The topological polar surface area (TPSA) is 71.8 Å². The lowest BCUT2D eigenvalue weighted by atomic mass is 9.96. The lowest BCUT2D eigenvalue weighted by Crippen LogP contribution is -2.34. The highest BCUT2D eigenvalue weighted by atomic mass is 32.2. The SMILES string of the molecule is C=CCN1C(=O)/C(=c2\s/c(=C/c3ccc4c(c3)C3CCCC3N4c3ccccc3)c(=O)n2COC=O)SC1=S. The van der Waals surface area contributed by atoms with E-state index in [4.69, 9.17) is 17.0 Å². The summed E-state index contributed by atoms with van der Waals surface area (Å²) in [6, 6.07) is 17.3. The third kappa shape index (κ3) is 4.46. The number of nitrogens with zero attached hydrogens (tertiary/aromatic N) is 3. The van der Waals surface area contributed by atoms with Gasteiger partial charge in [0.15, 0.2) is 6.73 Å². The molecule has 1 saturated heterocycles. The fraction of sp³-hybridized carbons (Fsp3) is 0.241. The van der Waals surface area contributed by atoms with Crippen LogP contribution in [0, 0.1) is 0 Å². The van der Waals surface area contributed by atoms with Crippen molar-refractivity contribution >= 4 is 74.4 Å². The smallest absolute Gasteiger partial charge is 0.294 e. The molecule has 3 aliphatic rings. The van der Waals surface area contributed by atoms with Gasteiger partial charge in [0.25, 0.3) is 17.9 Å². The number of para-hydroxylation sites is 1. The van der Waals surface area contributed by atoms with Crippen molar-refractivity contribution in [2.75, 3.05) is 11.4 Å². The first kappa shape index (κ1) is 25.8. The van der Waals surface area contributed by atoms with Crippen molar-refractivity contribution in [3.8, 4) is 0 Å². The number of carbonyl (C=O) groups is 2. The van der Waals surface area contributed by atoms with Gasteiger partial charge in [-0.25, -0.2) is 0 Å². The molecule has 2 aromatic carbocycles. The van der Waals surface area contributed by atoms with Crippen LogP contribution in [0.1, 0.15) is 36.3 Å². The Morgan fingerprint density at radius 3 is 2.72 bits per heavy atom. The number of thiazole rings is 1. The molecular weight excluding hydrogens is 551 g/mol. The van der Waals surface area contributed by atoms with Crippen LogP contribution in [0.2, 0.25) is 0 Å². The number of carbonyl (C=O) groups excluding carboxylic acids is 2. The summed E-state index contributed by atoms with van der Waals surface area (Å²) in [4.78, 5) is 41.7. The van der Waals surface area contributed by atoms with E-state index in [-0.39, 0.29) is 31.2 Å². The molecule has 3 heterocycles. The van der Waals surface area contributed by atoms with Crippen LogP contribution in [0.4, 0.5) is 11.4 Å². The minimum absolute atomic E-state index is 0.283. The molecule has 1 saturated carbocycles. The Bertz CT molecular complexity index is 1680. The highest BCUT2D eigenvalue weighted by molar-refractivity contribution is 8.30. The highest BCUT2D eigenvalue weighted by Crippen LogP contribution is 2.52. The molecule has 2 aliphatic heterocycles. The lowest BCUT2D eigenvalue weighted by molar-refractivity contribution is -0.132. The average Bonchev–Trinajstić information content (AvgIpc) is 3.68. The Morgan fingerprint density at radius 1 is 1.13 bits per heavy atom. The molecule has 3 aromatic rings. The van der Waals surface area contributed by atoms with Crippen molar-refractivity contribution in [3.05, 3.63) is 91.9 Å². The van der Waals surface area contributed by atoms with Gasteiger partial charge in [0.2, 0.25) is 0 Å². The molecule has 198 valence electrons. The zero-order valence-corrected chi connectivity index (χ0v) is 23.4. The fourth-order valence-electron chi connectivity index (χ4n) is 5.76. The van der Waals surface area contributed by atoms with Crippen LogP contribution in [0.25, 0.3) is 11.0 Å². The fourth-order valence-corrected chi connectivity index (χ4v) is 8.29. The standard InChI is InChI=1S/C29H25N3O4S3/c1-2-13-30-27(35)25(39-29(30)37)28-31(16-36-17-33)26(34)24(38-28)15-18-11-12-23-21(14-18)20-9-6-10-22(20)32(23)19-7-4-3-5-8-19/h2-5,7-8,11-12,14-15,17,20,22H,1,6,9-10,13,16H2/b24-15+,28-25+. The minimum atomic E-state index is -0.323. The molecule has 2 atom stereocenters. The van der Waals surface area contributed by atoms with E-state index in [1.807, 2.05) is 18.2 Å². The second kappa shape index (κ2) is 10.6. The number of hydrogen-bond donors (Lipinski definition) is 0. The van der Waals surface area contributed by atoms with Gasteiger partial charge in [-0.05, 0) is 54.3 Å². The molecule has 0 N–H and O–H groups in total. The van der Waals surface area contributed by atoms with Crippen molar-refractivity contribution in [2.24, 2.45) is 0 Å². The molecule has 2 fully saturated rings. The number of hydrogen-bond acceptors (Lipinski definition) is 8. The second-order valence-corrected chi connectivity index (χ2v) is 12.2. The minimum Gasteiger partial charge on any atom is -0.446 e. The first-order valence-corrected chi connectivity index (χ1v) is 14.7. The molecular formula is C29H25N3O4S3. The number of rotatable bonds is 7. The highest BCUT2D eigenvalue weighted by Gasteiger charge is 2.42. The summed E-state index contributed by atoms with van der Waals surface area (Å²) in [5.41, 5.74) is 4.32. The first-order valence-electron chi connectivity index (χ1n) is 12.7. The molecule has 10 heteroatoms. The number of thioether (sulfide) groups is 1. The molecule has 1 amide bonds. The van der Waals surface area contributed by atoms with E-state index in [9.17, 15) is 14.4 Å². The van der Waals surface area contributed by atoms with Crippen molar-refractivity contribution in [1.82, 2.24) is 9.47 Å². The number of anilines is 2. The summed E-state index contributed by atoms with van der Waals surface area (Å²) >= 11 is 7.72. The predicted octanol–water partition coefficient (Wildman–Crippen LogP) is 3.81. The Hall–Kier alpha value is -3.47. The van der Waals surface area contributed by atoms with Gasteiger partial charge in [0, 0.05) is 29.9 Å². The Balaban J connectivity index is 1.46. The zero-order valence-electron chi connectivity index (χ0n) is 20.9. The predicted molar refractivity (Wildman–Crippen MR) is 159 cm³/mol. The van der Waals surface area contributed by atoms with Crippen LogP contribution in [0.3, 0.4) is 0 Å². The van der Waals surface area contributed by atoms with Crippen LogP contribution < -0.4 is 19.7 Å². The van der Waals surface area contributed by atoms with Crippen LogP contribution in [0.5, 0.6) is 0 Å². The van der Waals surface area contributed by atoms with Gasteiger partial charge in [-0.3, -0.25) is 23.9 Å². The van der Waals surface area contributed by atoms with Crippen molar-refractivity contribution < 1.29 is 14.3 Å². The third-order valence-corrected chi connectivity index (χ3v) is 10.1. The largest absolute Gasteiger partial charge is 0.446 e. The summed E-state index contributed by atoms with van der Waals surface area (Å²) in [7, 11) is 0. The van der Waals surface area contributed by atoms with Gasteiger partial charge in [-0.2, -0.15) is 0 Å². The molecule has 7 nitrogen and oxygen atoms in total. The van der Waals surface area contributed by atoms with E-state index < -0.39 is 0 Å². The maximum Gasteiger partial charge on any atom is 0.294 e. The summed E-state index contributed by atoms with van der Waals surface area (Å²) in [5.74, 6) is 0.161. The van der Waals surface area contributed by atoms with Crippen LogP contribution in [-0.2, 0) is 21.1 Å².